The fraction of sp³-hybridized carbons (Fsp3) is 0.556. The van der Waals surface area contributed by atoms with Crippen molar-refractivity contribution in [3.8, 4) is 0 Å². The number of carbonyl (C=O) groups excluding carboxylic acids is 2. The highest BCUT2D eigenvalue weighted by Gasteiger charge is 2.42. The van der Waals surface area contributed by atoms with Gasteiger partial charge in [0.25, 0.3) is 5.91 Å². The van der Waals surface area contributed by atoms with E-state index in [2.05, 4.69) is 0 Å². The zero-order chi connectivity index (χ0) is 17.7. The molecule has 132 valence electrons. The van der Waals surface area contributed by atoms with E-state index in [-0.39, 0.29) is 16.9 Å². The van der Waals surface area contributed by atoms with Crippen molar-refractivity contribution in [3.05, 3.63) is 35.6 Å². The van der Waals surface area contributed by atoms with Gasteiger partial charge in [-0.25, -0.2) is 9.18 Å². The van der Waals surface area contributed by atoms with Crippen LogP contribution >= 0.6 is 11.8 Å². The minimum Gasteiger partial charge on any atom is -0.464 e. The number of rotatable bonds is 6. The lowest BCUT2D eigenvalue weighted by atomic mass is 10.1. The monoisotopic (exact) mass is 353 g/mol. The molecule has 1 aliphatic rings. The third kappa shape index (κ3) is 4.29. The lowest BCUT2D eigenvalue weighted by molar-refractivity contribution is -0.149. The fourth-order valence-electron chi connectivity index (χ4n) is 2.61. The zero-order valence-electron chi connectivity index (χ0n) is 14.3. The second kappa shape index (κ2) is 8.51. The van der Waals surface area contributed by atoms with Crippen LogP contribution < -0.4 is 0 Å². The Kier molecular flexibility index (Phi) is 6.66. The molecule has 1 aromatic carbocycles. The summed E-state index contributed by atoms with van der Waals surface area (Å²) >= 11 is 1.56. The van der Waals surface area contributed by atoms with Gasteiger partial charge in [0.1, 0.15) is 11.9 Å². The van der Waals surface area contributed by atoms with E-state index >= 15 is 0 Å². The molecule has 0 aliphatic carbocycles. The molecule has 2 atom stereocenters. The van der Waals surface area contributed by atoms with Crippen molar-refractivity contribution >= 4 is 23.6 Å². The molecular formula is C18H24FNO3S. The van der Waals surface area contributed by atoms with Crippen LogP contribution in [0, 0.1) is 11.7 Å². The Morgan fingerprint density at radius 3 is 2.71 bits per heavy atom. The Bertz CT molecular complexity index is 593. The lowest BCUT2D eigenvalue weighted by Gasteiger charge is -2.28. The van der Waals surface area contributed by atoms with Crippen molar-refractivity contribution in [2.45, 2.75) is 45.0 Å². The SMILES string of the molecule is CCC[C@H]1SC[C@@H](C(=O)OCC(C)C)N1C(=O)c1ccccc1F. The topological polar surface area (TPSA) is 46.6 Å². The number of benzene rings is 1. The number of amides is 1. The molecule has 1 aliphatic heterocycles. The van der Waals surface area contributed by atoms with Gasteiger partial charge in [-0.3, -0.25) is 4.79 Å². The van der Waals surface area contributed by atoms with Gasteiger partial charge in [0, 0.05) is 5.75 Å². The minimum atomic E-state index is -0.655. The van der Waals surface area contributed by atoms with Gasteiger partial charge in [-0.2, -0.15) is 0 Å². The average Bonchev–Trinajstić information content (AvgIpc) is 2.96. The number of ether oxygens (including phenoxy) is 1. The molecule has 0 N–H and O–H groups in total. The highest BCUT2D eigenvalue weighted by molar-refractivity contribution is 8.00. The van der Waals surface area contributed by atoms with E-state index in [9.17, 15) is 14.0 Å². The van der Waals surface area contributed by atoms with Crippen molar-refractivity contribution < 1.29 is 18.7 Å². The first-order valence-electron chi connectivity index (χ1n) is 8.31. The van der Waals surface area contributed by atoms with Crippen molar-refractivity contribution in [3.63, 3.8) is 0 Å². The van der Waals surface area contributed by atoms with Crippen LogP contribution in [0.4, 0.5) is 4.39 Å². The number of nitrogens with zero attached hydrogens (tertiary/aromatic N) is 1. The molecule has 0 unspecified atom stereocenters. The number of thioether (sulfide) groups is 1. The van der Waals surface area contributed by atoms with Crippen LogP contribution in [0.5, 0.6) is 0 Å². The summed E-state index contributed by atoms with van der Waals surface area (Å²) in [4.78, 5) is 26.8. The van der Waals surface area contributed by atoms with E-state index in [1.54, 1.807) is 23.9 Å². The number of hydrogen-bond donors (Lipinski definition) is 0. The average molecular weight is 353 g/mol. The van der Waals surface area contributed by atoms with Gasteiger partial charge in [0.15, 0.2) is 0 Å². The largest absolute Gasteiger partial charge is 0.464 e. The third-order valence-electron chi connectivity index (χ3n) is 3.80. The summed E-state index contributed by atoms with van der Waals surface area (Å²) in [6, 6.07) is 5.23. The van der Waals surface area contributed by atoms with Crippen LogP contribution in [0.3, 0.4) is 0 Å². The van der Waals surface area contributed by atoms with Crippen LogP contribution in [-0.2, 0) is 9.53 Å². The molecule has 2 rings (SSSR count). The lowest BCUT2D eigenvalue weighted by Crippen LogP contribution is -2.46. The Hall–Kier alpha value is -1.56. The Morgan fingerprint density at radius 1 is 1.38 bits per heavy atom. The quantitative estimate of drug-likeness (QED) is 0.732. The highest BCUT2D eigenvalue weighted by Crippen LogP contribution is 2.34. The van der Waals surface area contributed by atoms with Crippen LogP contribution in [0.2, 0.25) is 0 Å². The van der Waals surface area contributed by atoms with Crippen molar-refractivity contribution in [1.29, 1.82) is 0 Å². The van der Waals surface area contributed by atoms with E-state index in [0.29, 0.717) is 12.4 Å². The second-order valence-corrected chi connectivity index (χ2v) is 7.52. The maximum Gasteiger partial charge on any atom is 0.329 e. The first-order chi connectivity index (χ1) is 11.5. The summed E-state index contributed by atoms with van der Waals surface area (Å²) in [5.74, 6) is -0.696. The molecular weight excluding hydrogens is 329 g/mol. The van der Waals surface area contributed by atoms with Gasteiger partial charge in [-0.1, -0.05) is 39.3 Å². The van der Waals surface area contributed by atoms with Gasteiger partial charge in [-0.05, 0) is 24.5 Å². The third-order valence-corrected chi connectivity index (χ3v) is 5.15. The van der Waals surface area contributed by atoms with Crippen molar-refractivity contribution in [1.82, 2.24) is 4.90 Å². The van der Waals surface area contributed by atoms with E-state index in [4.69, 9.17) is 4.74 Å². The molecule has 0 saturated carbocycles. The molecule has 0 bridgehead atoms. The molecule has 24 heavy (non-hydrogen) atoms. The Labute approximate surface area is 146 Å². The fourth-order valence-corrected chi connectivity index (χ4v) is 4.11. The number of hydrogen-bond acceptors (Lipinski definition) is 4. The maximum atomic E-state index is 14.0. The molecule has 1 fully saturated rings. The Morgan fingerprint density at radius 2 is 2.08 bits per heavy atom. The number of carbonyl (C=O) groups is 2. The van der Waals surface area contributed by atoms with Gasteiger partial charge >= 0.3 is 5.97 Å². The molecule has 1 saturated heterocycles. The summed E-state index contributed by atoms with van der Waals surface area (Å²) in [5.41, 5.74) is 0.00256. The molecule has 0 spiro atoms. The standard InChI is InChI=1S/C18H24FNO3S/c1-4-7-16-20(17(21)13-8-5-6-9-14(13)19)15(11-24-16)18(22)23-10-12(2)3/h5-6,8-9,12,15-16H,4,7,10-11H2,1-3H3/t15-,16+/m0/s1. The number of esters is 1. The Balaban J connectivity index is 2.23. The molecule has 4 nitrogen and oxygen atoms in total. The summed E-state index contributed by atoms with van der Waals surface area (Å²) in [6.45, 7) is 6.26. The first kappa shape index (κ1) is 18.8. The van der Waals surface area contributed by atoms with E-state index in [1.165, 1.54) is 17.0 Å². The summed E-state index contributed by atoms with van der Waals surface area (Å²) in [7, 11) is 0. The van der Waals surface area contributed by atoms with Crippen LogP contribution in [0.1, 0.15) is 44.0 Å². The molecule has 0 aromatic heterocycles. The van der Waals surface area contributed by atoms with Crippen molar-refractivity contribution in [2.24, 2.45) is 5.92 Å². The van der Waals surface area contributed by atoms with E-state index in [0.717, 1.165) is 12.8 Å². The van der Waals surface area contributed by atoms with Gasteiger partial charge in [0.05, 0.1) is 17.5 Å². The number of halogens is 1. The van der Waals surface area contributed by atoms with E-state index < -0.39 is 23.7 Å². The minimum absolute atomic E-state index is 0.00256. The smallest absolute Gasteiger partial charge is 0.329 e. The van der Waals surface area contributed by atoms with Crippen LogP contribution in [-0.4, -0.2) is 40.6 Å². The van der Waals surface area contributed by atoms with Gasteiger partial charge < -0.3 is 9.64 Å². The van der Waals surface area contributed by atoms with Gasteiger partial charge in [-0.15, -0.1) is 11.8 Å². The van der Waals surface area contributed by atoms with Crippen LogP contribution in [0.15, 0.2) is 24.3 Å². The molecule has 6 heteroatoms. The van der Waals surface area contributed by atoms with Gasteiger partial charge in [0.2, 0.25) is 0 Å². The predicted molar refractivity (Wildman–Crippen MR) is 93.3 cm³/mol. The molecule has 1 heterocycles. The predicted octanol–water partition coefficient (Wildman–Crippen LogP) is 3.71. The molecule has 1 aromatic rings. The molecule has 0 radical (unpaired) electrons. The highest BCUT2D eigenvalue weighted by atomic mass is 32.2. The normalized spacial score (nSPS) is 20.5. The van der Waals surface area contributed by atoms with E-state index in [1.807, 2.05) is 20.8 Å². The second-order valence-electron chi connectivity index (χ2n) is 6.31. The summed E-state index contributed by atoms with van der Waals surface area (Å²) in [6.07, 6.45) is 1.64. The summed E-state index contributed by atoms with van der Waals surface area (Å²) in [5, 5.41) is -0.126. The maximum absolute atomic E-state index is 14.0. The summed E-state index contributed by atoms with van der Waals surface area (Å²) < 4.78 is 19.3. The van der Waals surface area contributed by atoms with Crippen molar-refractivity contribution in [2.75, 3.05) is 12.4 Å². The first-order valence-corrected chi connectivity index (χ1v) is 9.36. The van der Waals surface area contributed by atoms with Crippen LogP contribution in [0.25, 0.3) is 0 Å². The molecule has 1 amide bonds. The zero-order valence-corrected chi connectivity index (χ0v) is 15.1.